The third-order valence-electron chi connectivity index (χ3n) is 2.25. The second-order valence-electron chi connectivity index (χ2n) is 3.35. The second kappa shape index (κ2) is 4.61. The van der Waals surface area contributed by atoms with Crippen LogP contribution in [0, 0.1) is 5.82 Å². The molecule has 0 saturated carbocycles. The predicted octanol–water partition coefficient (Wildman–Crippen LogP) is 3.75. The van der Waals surface area contributed by atoms with Gasteiger partial charge in [-0.3, -0.25) is 0 Å². The molecule has 1 aromatic carbocycles. The number of rotatable bonds is 2. The van der Waals surface area contributed by atoms with Gasteiger partial charge < -0.3 is 4.90 Å². The predicted molar refractivity (Wildman–Crippen MR) is 66.4 cm³/mol. The van der Waals surface area contributed by atoms with Crippen LogP contribution in [0.1, 0.15) is 0 Å². The molecule has 16 heavy (non-hydrogen) atoms. The first-order valence-electron chi connectivity index (χ1n) is 4.78. The Balaban J connectivity index is 2.38. The maximum absolute atomic E-state index is 13.7. The lowest BCUT2D eigenvalue weighted by Crippen LogP contribution is -2.12. The molecular weight excluding hydrogens is 271 g/mol. The number of benzene rings is 1. The van der Waals surface area contributed by atoms with Gasteiger partial charge in [0, 0.05) is 23.4 Å². The van der Waals surface area contributed by atoms with E-state index < -0.39 is 0 Å². The maximum atomic E-state index is 13.7. The molecule has 0 saturated heterocycles. The molecule has 0 bridgehead atoms. The summed E-state index contributed by atoms with van der Waals surface area (Å²) in [6, 6.07) is 10.9. The zero-order valence-corrected chi connectivity index (χ0v) is 10.3. The van der Waals surface area contributed by atoms with Crippen LogP contribution in [-0.4, -0.2) is 12.0 Å². The highest BCUT2D eigenvalue weighted by atomic mass is 79.9. The van der Waals surface area contributed by atoms with E-state index in [9.17, 15) is 4.39 Å². The number of anilines is 2. The third-order valence-corrected chi connectivity index (χ3v) is 2.68. The fourth-order valence-electron chi connectivity index (χ4n) is 1.43. The van der Waals surface area contributed by atoms with Crippen LogP contribution in [0.5, 0.6) is 0 Å². The number of nitrogens with zero attached hydrogens (tertiary/aromatic N) is 2. The van der Waals surface area contributed by atoms with Crippen LogP contribution in [0.3, 0.4) is 0 Å². The van der Waals surface area contributed by atoms with Gasteiger partial charge in [0.2, 0.25) is 0 Å². The first-order valence-corrected chi connectivity index (χ1v) is 5.57. The van der Waals surface area contributed by atoms with Crippen molar-refractivity contribution in [1.82, 2.24) is 4.98 Å². The molecule has 4 heteroatoms. The van der Waals surface area contributed by atoms with Crippen LogP contribution in [0.4, 0.5) is 15.9 Å². The fraction of sp³-hybridized carbons (Fsp3) is 0.0833. The van der Waals surface area contributed by atoms with Crippen molar-refractivity contribution in [1.29, 1.82) is 0 Å². The van der Waals surface area contributed by atoms with E-state index in [4.69, 9.17) is 0 Å². The van der Waals surface area contributed by atoms with E-state index in [1.54, 1.807) is 18.1 Å². The molecule has 2 rings (SSSR count). The van der Waals surface area contributed by atoms with Crippen molar-refractivity contribution in [2.24, 2.45) is 0 Å². The number of para-hydroxylation sites is 1. The monoisotopic (exact) mass is 280 g/mol. The molecule has 0 N–H and O–H groups in total. The van der Waals surface area contributed by atoms with Crippen molar-refractivity contribution in [3.63, 3.8) is 0 Å². The molecule has 0 atom stereocenters. The number of halogens is 2. The summed E-state index contributed by atoms with van der Waals surface area (Å²) in [7, 11) is 1.79. The molecule has 0 amide bonds. The minimum atomic E-state index is -0.347. The largest absolute Gasteiger partial charge is 0.327 e. The zero-order chi connectivity index (χ0) is 11.5. The number of hydrogen-bond acceptors (Lipinski definition) is 2. The summed E-state index contributed by atoms with van der Waals surface area (Å²) in [4.78, 5) is 5.77. The Bertz CT molecular complexity index is 488. The van der Waals surface area contributed by atoms with Crippen molar-refractivity contribution < 1.29 is 4.39 Å². The van der Waals surface area contributed by atoms with E-state index in [2.05, 4.69) is 20.9 Å². The number of hydrogen-bond donors (Lipinski definition) is 0. The molecule has 0 aliphatic heterocycles. The van der Waals surface area contributed by atoms with Gasteiger partial charge in [-0.2, -0.15) is 0 Å². The van der Waals surface area contributed by atoms with E-state index in [0.717, 1.165) is 5.69 Å². The Morgan fingerprint density at radius 2 is 1.94 bits per heavy atom. The highest BCUT2D eigenvalue weighted by molar-refractivity contribution is 9.10. The van der Waals surface area contributed by atoms with Crippen LogP contribution in [0.15, 0.2) is 47.1 Å². The van der Waals surface area contributed by atoms with E-state index >= 15 is 0 Å². The Hall–Kier alpha value is -1.42. The summed E-state index contributed by atoms with van der Waals surface area (Å²) in [5.41, 5.74) is 0.899. The quantitative estimate of drug-likeness (QED) is 0.833. The van der Waals surface area contributed by atoms with Gasteiger partial charge in [-0.1, -0.05) is 18.2 Å². The standard InChI is InChI=1S/C12H10BrFN2/c1-16(10-5-3-2-4-6-10)12-11(14)7-9(13)8-15-12/h2-8H,1H3. The Kier molecular flexibility index (Phi) is 3.19. The Labute approximate surface area is 102 Å². The van der Waals surface area contributed by atoms with Crippen molar-refractivity contribution in [3.8, 4) is 0 Å². The lowest BCUT2D eigenvalue weighted by molar-refractivity contribution is 0.620. The van der Waals surface area contributed by atoms with Crippen LogP contribution < -0.4 is 4.90 Å². The average molecular weight is 281 g/mol. The van der Waals surface area contributed by atoms with Crippen LogP contribution in [-0.2, 0) is 0 Å². The van der Waals surface area contributed by atoms with Crippen molar-refractivity contribution in [3.05, 3.63) is 52.9 Å². The molecule has 82 valence electrons. The van der Waals surface area contributed by atoms with Crippen LogP contribution in [0.25, 0.3) is 0 Å². The smallest absolute Gasteiger partial charge is 0.169 e. The summed E-state index contributed by atoms with van der Waals surface area (Å²) < 4.78 is 14.3. The average Bonchev–Trinajstić information content (AvgIpc) is 2.29. The minimum Gasteiger partial charge on any atom is -0.327 e. The van der Waals surface area contributed by atoms with Crippen molar-refractivity contribution >= 4 is 27.4 Å². The highest BCUT2D eigenvalue weighted by Gasteiger charge is 2.10. The minimum absolute atomic E-state index is 0.314. The number of aromatic nitrogens is 1. The van der Waals surface area contributed by atoms with Crippen LogP contribution >= 0.6 is 15.9 Å². The Morgan fingerprint density at radius 1 is 1.25 bits per heavy atom. The molecule has 2 aromatic rings. The summed E-state index contributed by atoms with van der Waals surface area (Å²) >= 11 is 3.18. The Morgan fingerprint density at radius 3 is 2.56 bits per heavy atom. The third kappa shape index (κ3) is 2.22. The van der Waals surface area contributed by atoms with Gasteiger partial charge >= 0.3 is 0 Å². The molecule has 0 spiro atoms. The molecular formula is C12H10BrFN2. The molecule has 0 radical (unpaired) electrons. The molecule has 0 fully saturated rings. The lowest BCUT2D eigenvalue weighted by atomic mass is 10.3. The van der Waals surface area contributed by atoms with Gasteiger partial charge in [-0.05, 0) is 34.1 Å². The topological polar surface area (TPSA) is 16.1 Å². The summed E-state index contributed by atoms with van der Waals surface area (Å²) in [6.45, 7) is 0. The van der Waals surface area contributed by atoms with Crippen molar-refractivity contribution in [2.75, 3.05) is 11.9 Å². The first kappa shape index (κ1) is 11.1. The van der Waals surface area contributed by atoms with E-state index in [1.165, 1.54) is 6.07 Å². The normalized spacial score (nSPS) is 10.2. The first-order chi connectivity index (χ1) is 7.68. The summed E-state index contributed by atoms with van der Waals surface area (Å²) in [5.74, 6) is -0.0323. The summed E-state index contributed by atoms with van der Waals surface area (Å²) in [6.07, 6.45) is 1.58. The van der Waals surface area contributed by atoms with Crippen molar-refractivity contribution in [2.45, 2.75) is 0 Å². The van der Waals surface area contributed by atoms with Gasteiger partial charge in [0.1, 0.15) is 0 Å². The highest BCUT2D eigenvalue weighted by Crippen LogP contribution is 2.25. The molecule has 1 heterocycles. The molecule has 0 unspecified atom stereocenters. The molecule has 0 aliphatic rings. The van der Waals surface area contributed by atoms with Gasteiger partial charge in [-0.15, -0.1) is 0 Å². The van der Waals surface area contributed by atoms with Gasteiger partial charge in [-0.25, -0.2) is 9.37 Å². The fourth-order valence-corrected chi connectivity index (χ4v) is 1.73. The van der Waals surface area contributed by atoms with Gasteiger partial charge in [0.25, 0.3) is 0 Å². The van der Waals surface area contributed by atoms with Crippen LogP contribution in [0.2, 0.25) is 0 Å². The van der Waals surface area contributed by atoms with E-state index in [0.29, 0.717) is 10.3 Å². The molecule has 0 aliphatic carbocycles. The second-order valence-corrected chi connectivity index (χ2v) is 4.27. The molecule has 2 nitrogen and oxygen atoms in total. The summed E-state index contributed by atoms with van der Waals surface area (Å²) in [5, 5.41) is 0. The maximum Gasteiger partial charge on any atom is 0.169 e. The molecule has 1 aromatic heterocycles. The SMILES string of the molecule is CN(c1ccccc1)c1ncc(Br)cc1F. The van der Waals surface area contributed by atoms with Gasteiger partial charge in [0.15, 0.2) is 11.6 Å². The van der Waals surface area contributed by atoms with E-state index in [-0.39, 0.29) is 5.82 Å². The zero-order valence-electron chi connectivity index (χ0n) is 8.69. The number of pyridine rings is 1. The van der Waals surface area contributed by atoms with E-state index in [1.807, 2.05) is 30.3 Å². The lowest BCUT2D eigenvalue weighted by Gasteiger charge is -2.18. The van der Waals surface area contributed by atoms with Gasteiger partial charge in [0.05, 0.1) is 0 Å².